The number of amides is 1. The highest BCUT2D eigenvalue weighted by Crippen LogP contribution is 2.34. The van der Waals surface area contributed by atoms with E-state index < -0.39 is 0 Å². The number of thiophene rings is 1. The highest BCUT2D eigenvalue weighted by Gasteiger charge is 2.22. The summed E-state index contributed by atoms with van der Waals surface area (Å²) in [5.74, 6) is 0.698. The van der Waals surface area contributed by atoms with E-state index in [1.807, 2.05) is 24.3 Å². The molecule has 0 fully saturated rings. The second kappa shape index (κ2) is 10.5. The van der Waals surface area contributed by atoms with E-state index in [1.54, 1.807) is 30.1 Å². The number of carbonyl (C=O) groups excluding carboxylic acids is 1. The Bertz CT molecular complexity index is 1170. The van der Waals surface area contributed by atoms with Crippen LogP contribution in [0.1, 0.15) is 29.7 Å². The van der Waals surface area contributed by atoms with Crippen molar-refractivity contribution in [3.8, 4) is 11.4 Å². The van der Waals surface area contributed by atoms with Crippen molar-refractivity contribution in [2.45, 2.75) is 37.3 Å². The van der Waals surface area contributed by atoms with Gasteiger partial charge in [-0.3, -0.25) is 14.2 Å². The van der Waals surface area contributed by atoms with E-state index in [1.165, 1.54) is 23.1 Å². The third kappa shape index (κ3) is 4.84. The van der Waals surface area contributed by atoms with Gasteiger partial charge in [0.2, 0.25) is 5.91 Å². The van der Waals surface area contributed by atoms with Gasteiger partial charge in [0.05, 0.1) is 30.5 Å². The number of hydrogen-bond acceptors (Lipinski definition) is 7. The highest BCUT2D eigenvalue weighted by atomic mass is 32.2. The molecule has 0 aliphatic heterocycles. The molecule has 2 heterocycles. The molecule has 1 aliphatic carbocycles. The van der Waals surface area contributed by atoms with Gasteiger partial charge in [0.25, 0.3) is 5.56 Å². The summed E-state index contributed by atoms with van der Waals surface area (Å²) in [6.07, 6.45) is 5.34. The summed E-state index contributed by atoms with van der Waals surface area (Å²) < 4.78 is 12.0. The Morgan fingerprint density at radius 1 is 1.25 bits per heavy atom. The molecule has 0 saturated carbocycles. The summed E-state index contributed by atoms with van der Waals surface area (Å²) in [6.45, 7) is 0.901. The minimum absolute atomic E-state index is 0.0788. The number of nitrogens with zero attached hydrogens (tertiary/aromatic N) is 2. The Balaban J connectivity index is 1.78. The summed E-state index contributed by atoms with van der Waals surface area (Å²) in [6, 6.07) is 7.38. The molecule has 3 aromatic rings. The number of hydrogen-bond donors (Lipinski definition) is 1. The lowest BCUT2D eigenvalue weighted by Crippen LogP contribution is -2.29. The number of aryl methyl sites for hydroxylation is 2. The van der Waals surface area contributed by atoms with Crippen LogP contribution in [0.25, 0.3) is 15.9 Å². The average molecular weight is 474 g/mol. The van der Waals surface area contributed by atoms with E-state index in [-0.39, 0.29) is 17.2 Å². The first-order valence-corrected chi connectivity index (χ1v) is 12.5. The lowest BCUT2D eigenvalue weighted by molar-refractivity contribution is -0.118. The Labute approximate surface area is 195 Å². The molecule has 0 unspecified atom stereocenters. The van der Waals surface area contributed by atoms with Gasteiger partial charge in [-0.1, -0.05) is 24.2 Å². The molecule has 0 spiro atoms. The number of carbonyl (C=O) groups is 1. The number of nitrogens with one attached hydrogen (secondary N) is 1. The van der Waals surface area contributed by atoms with Crippen molar-refractivity contribution in [2.75, 3.05) is 33.1 Å². The van der Waals surface area contributed by atoms with Crippen molar-refractivity contribution in [1.29, 1.82) is 0 Å². The third-order valence-corrected chi connectivity index (χ3v) is 7.60. The predicted octanol–water partition coefficient (Wildman–Crippen LogP) is 3.58. The van der Waals surface area contributed by atoms with Crippen LogP contribution in [0.3, 0.4) is 0 Å². The smallest absolute Gasteiger partial charge is 0.267 e. The fraction of sp³-hybridized carbons (Fsp3) is 0.435. The summed E-state index contributed by atoms with van der Waals surface area (Å²) in [7, 11) is 3.19. The number of ether oxygens (including phenoxy) is 2. The van der Waals surface area contributed by atoms with Crippen LogP contribution in [0, 0.1) is 0 Å². The van der Waals surface area contributed by atoms with Crippen molar-refractivity contribution in [1.82, 2.24) is 14.9 Å². The van der Waals surface area contributed by atoms with Gasteiger partial charge in [0, 0.05) is 24.6 Å². The second-order valence-corrected chi connectivity index (χ2v) is 9.64. The highest BCUT2D eigenvalue weighted by molar-refractivity contribution is 7.99. The molecule has 1 amide bonds. The molecular weight excluding hydrogens is 446 g/mol. The standard InChI is InChI=1S/C23H27N3O4S2/c1-29-12-11-24-19(27)14-31-23-25-21-20(17-9-4-3-5-10-18(17)32-21)22(28)26(23)15-7-6-8-16(13-15)30-2/h6-8,13H,3-5,9-12,14H2,1-2H3,(H,24,27). The van der Waals surface area contributed by atoms with Crippen LogP contribution in [0.2, 0.25) is 0 Å². The van der Waals surface area contributed by atoms with Crippen LogP contribution in [-0.4, -0.2) is 48.6 Å². The fourth-order valence-corrected chi connectivity index (χ4v) is 6.06. The lowest BCUT2D eigenvalue weighted by Gasteiger charge is -2.13. The molecule has 170 valence electrons. The second-order valence-electron chi connectivity index (χ2n) is 7.61. The molecule has 1 aromatic carbocycles. The van der Waals surface area contributed by atoms with Crippen molar-refractivity contribution < 1.29 is 14.3 Å². The maximum atomic E-state index is 13.8. The zero-order valence-corrected chi connectivity index (χ0v) is 19.9. The quantitative estimate of drug-likeness (QED) is 0.233. The van der Waals surface area contributed by atoms with Crippen LogP contribution >= 0.6 is 23.1 Å². The van der Waals surface area contributed by atoms with Gasteiger partial charge in [-0.05, 0) is 43.4 Å². The molecule has 0 atom stereocenters. The van der Waals surface area contributed by atoms with Crippen molar-refractivity contribution in [3.05, 3.63) is 45.1 Å². The largest absolute Gasteiger partial charge is 0.497 e. The lowest BCUT2D eigenvalue weighted by atomic mass is 10.1. The first kappa shape index (κ1) is 22.8. The molecular formula is C23H27N3O4S2. The first-order chi connectivity index (χ1) is 15.6. The van der Waals surface area contributed by atoms with Gasteiger partial charge in [0.1, 0.15) is 10.6 Å². The zero-order valence-electron chi connectivity index (χ0n) is 18.3. The van der Waals surface area contributed by atoms with E-state index in [4.69, 9.17) is 14.5 Å². The normalized spacial score (nSPS) is 13.6. The molecule has 1 N–H and O–H groups in total. The zero-order chi connectivity index (χ0) is 22.5. The molecule has 9 heteroatoms. The number of benzene rings is 1. The SMILES string of the molecule is COCCNC(=O)CSc1nc2sc3c(c2c(=O)n1-c1cccc(OC)c1)CCCCC3. The van der Waals surface area contributed by atoms with E-state index in [0.29, 0.717) is 29.7 Å². The minimum atomic E-state index is -0.124. The monoisotopic (exact) mass is 473 g/mol. The van der Waals surface area contributed by atoms with Gasteiger partial charge < -0.3 is 14.8 Å². The summed E-state index contributed by atoms with van der Waals surface area (Å²) in [5, 5.41) is 4.05. The van der Waals surface area contributed by atoms with Crippen LogP contribution in [0.5, 0.6) is 5.75 Å². The molecule has 7 nitrogen and oxygen atoms in total. The maximum Gasteiger partial charge on any atom is 0.267 e. The van der Waals surface area contributed by atoms with Crippen molar-refractivity contribution in [2.24, 2.45) is 0 Å². The summed E-state index contributed by atoms with van der Waals surface area (Å²) >= 11 is 2.89. The van der Waals surface area contributed by atoms with Gasteiger partial charge in [-0.2, -0.15) is 0 Å². The van der Waals surface area contributed by atoms with E-state index in [9.17, 15) is 9.59 Å². The van der Waals surface area contributed by atoms with Crippen molar-refractivity contribution in [3.63, 3.8) is 0 Å². The van der Waals surface area contributed by atoms with Gasteiger partial charge in [-0.15, -0.1) is 11.3 Å². The molecule has 0 bridgehead atoms. The number of rotatable bonds is 8. The molecule has 2 aromatic heterocycles. The number of thioether (sulfide) groups is 1. The van der Waals surface area contributed by atoms with E-state index in [0.717, 1.165) is 41.5 Å². The van der Waals surface area contributed by atoms with Crippen molar-refractivity contribution >= 4 is 39.2 Å². The Hall–Kier alpha value is -2.36. The average Bonchev–Trinajstić information content (AvgIpc) is 2.99. The Kier molecular flexibility index (Phi) is 7.49. The first-order valence-electron chi connectivity index (χ1n) is 10.7. The number of fused-ring (bicyclic) bond motifs is 3. The molecule has 0 radical (unpaired) electrons. The molecule has 0 saturated heterocycles. The Morgan fingerprint density at radius 2 is 2.09 bits per heavy atom. The summed E-state index contributed by atoms with van der Waals surface area (Å²) in [5.41, 5.74) is 1.76. The van der Waals surface area contributed by atoms with Gasteiger partial charge >= 0.3 is 0 Å². The fourth-order valence-electron chi connectivity index (χ4n) is 3.91. The van der Waals surface area contributed by atoms with Crippen LogP contribution in [0.4, 0.5) is 0 Å². The molecule has 4 rings (SSSR count). The van der Waals surface area contributed by atoms with Crippen LogP contribution in [0.15, 0.2) is 34.2 Å². The minimum Gasteiger partial charge on any atom is -0.497 e. The molecule has 1 aliphatic rings. The summed E-state index contributed by atoms with van der Waals surface area (Å²) in [4.78, 5) is 33.0. The van der Waals surface area contributed by atoms with Crippen LogP contribution < -0.4 is 15.6 Å². The van der Waals surface area contributed by atoms with Crippen LogP contribution in [-0.2, 0) is 22.4 Å². The number of aromatic nitrogens is 2. The maximum absolute atomic E-state index is 13.8. The molecule has 32 heavy (non-hydrogen) atoms. The number of methoxy groups -OCH3 is 2. The van der Waals surface area contributed by atoms with E-state index in [2.05, 4.69) is 5.32 Å². The van der Waals surface area contributed by atoms with E-state index >= 15 is 0 Å². The third-order valence-electron chi connectivity index (χ3n) is 5.48. The van der Waals surface area contributed by atoms with Gasteiger partial charge in [0.15, 0.2) is 5.16 Å². The topological polar surface area (TPSA) is 82.5 Å². The van der Waals surface area contributed by atoms with Gasteiger partial charge in [-0.25, -0.2) is 4.98 Å². The predicted molar refractivity (Wildman–Crippen MR) is 129 cm³/mol. The Morgan fingerprint density at radius 3 is 2.91 bits per heavy atom.